The summed E-state index contributed by atoms with van der Waals surface area (Å²) in [6.45, 7) is 0.603. The van der Waals surface area contributed by atoms with Crippen molar-refractivity contribution >= 4 is 11.7 Å². The van der Waals surface area contributed by atoms with Crippen LogP contribution in [0.3, 0.4) is 0 Å². The maximum absolute atomic E-state index is 10.9. The predicted molar refractivity (Wildman–Crippen MR) is 66.6 cm³/mol. The Morgan fingerprint density at radius 3 is 2.59 bits per heavy atom. The van der Waals surface area contributed by atoms with Crippen molar-refractivity contribution in [2.75, 3.05) is 11.9 Å². The number of hydrogen-bond donors (Lipinski definition) is 3. The van der Waals surface area contributed by atoms with Crippen LogP contribution in [0.2, 0.25) is 0 Å². The Morgan fingerprint density at radius 2 is 2.12 bits per heavy atom. The molecule has 1 aliphatic rings. The molecule has 0 bridgehead atoms. The molecule has 2 rings (SSSR count). The molecule has 1 aromatic heterocycles. The lowest BCUT2D eigenvalue weighted by Crippen LogP contribution is -2.43. The third-order valence-electron chi connectivity index (χ3n) is 3.39. The van der Waals surface area contributed by atoms with Gasteiger partial charge in [-0.25, -0.2) is 4.98 Å². The molecule has 1 aromatic rings. The van der Waals surface area contributed by atoms with E-state index in [1.807, 2.05) is 0 Å². The zero-order chi connectivity index (χ0) is 12.3. The number of rotatable bonds is 4. The monoisotopic (exact) mass is 234 g/mol. The zero-order valence-electron chi connectivity index (χ0n) is 9.78. The summed E-state index contributed by atoms with van der Waals surface area (Å²) in [7, 11) is 0. The number of aromatic nitrogens is 1. The highest BCUT2D eigenvalue weighted by atomic mass is 16.1. The first kappa shape index (κ1) is 11.9. The minimum absolute atomic E-state index is 0.0265. The predicted octanol–water partition coefficient (Wildman–Crippen LogP) is 0.864. The average Bonchev–Trinajstić information content (AvgIpc) is 2.79. The summed E-state index contributed by atoms with van der Waals surface area (Å²) in [5.41, 5.74) is 11.4. The molecule has 1 saturated carbocycles. The summed E-state index contributed by atoms with van der Waals surface area (Å²) in [6.07, 6.45) is 6.03. The molecule has 0 radical (unpaired) electrons. The highest BCUT2D eigenvalue weighted by molar-refractivity contribution is 5.92. The molecule has 0 saturated heterocycles. The third kappa shape index (κ3) is 2.55. The first-order valence-corrected chi connectivity index (χ1v) is 5.89. The van der Waals surface area contributed by atoms with Gasteiger partial charge in [-0.2, -0.15) is 0 Å². The molecular formula is C12H18N4O. The third-order valence-corrected chi connectivity index (χ3v) is 3.39. The van der Waals surface area contributed by atoms with Crippen LogP contribution in [-0.2, 0) is 0 Å². The van der Waals surface area contributed by atoms with Gasteiger partial charge in [0.2, 0.25) is 5.91 Å². The minimum Gasteiger partial charge on any atom is -0.366 e. The molecule has 0 aromatic carbocycles. The number of primary amides is 1. The summed E-state index contributed by atoms with van der Waals surface area (Å²) in [6, 6.07) is 3.45. The summed E-state index contributed by atoms with van der Waals surface area (Å²) in [5.74, 6) is 0.292. The summed E-state index contributed by atoms with van der Waals surface area (Å²) in [5, 5.41) is 3.38. The van der Waals surface area contributed by atoms with Gasteiger partial charge in [0.25, 0.3) is 0 Å². The minimum atomic E-state index is -0.460. The Hall–Kier alpha value is -1.62. The van der Waals surface area contributed by atoms with Gasteiger partial charge < -0.3 is 16.8 Å². The van der Waals surface area contributed by atoms with E-state index in [0.717, 1.165) is 18.7 Å². The van der Waals surface area contributed by atoms with Crippen molar-refractivity contribution in [3.05, 3.63) is 23.9 Å². The summed E-state index contributed by atoms with van der Waals surface area (Å²) in [4.78, 5) is 15.1. The van der Waals surface area contributed by atoms with Gasteiger partial charge in [0.1, 0.15) is 5.82 Å². The van der Waals surface area contributed by atoms with Crippen molar-refractivity contribution in [3.8, 4) is 0 Å². The van der Waals surface area contributed by atoms with Gasteiger partial charge in [-0.15, -0.1) is 0 Å². The molecule has 5 N–H and O–H groups in total. The van der Waals surface area contributed by atoms with E-state index in [2.05, 4.69) is 10.3 Å². The van der Waals surface area contributed by atoms with E-state index in [1.165, 1.54) is 19.0 Å². The number of amides is 1. The molecule has 0 spiro atoms. The van der Waals surface area contributed by atoms with Crippen molar-refractivity contribution in [1.29, 1.82) is 0 Å². The van der Waals surface area contributed by atoms with Crippen molar-refractivity contribution in [1.82, 2.24) is 4.98 Å². The van der Waals surface area contributed by atoms with Crippen molar-refractivity contribution in [2.24, 2.45) is 11.5 Å². The normalized spacial score (nSPS) is 17.9. The fourth-order valence-electron chi connectivity index (χ4n) is 2.32. The Kier molecular flexibility index (Phi) is 3.28. The second kappa shape index (κ2) is 4.71. The number of carbonyl (C=O) groups excluding carboxylic acids is 1. The van der Waals surface area contributed by atoms with Crippen LogP contribution >= 0.6 is 0 Å². The number of pyridine rings is 1. The molecule has 1 fully saturated rings. The lowest BCUT2D eigenvalue weighted by molar-refractivity contribution is 0.1000. The van der Waals surface area contributed by atoms with Gasteiger partial charge in [-0.3, -0.25) is 4.79 Å². The topological polar surface area (TPSA) is 94.0 Å². The molecule has 1 amide bonds. The van der Waals surface area contributed by atoms with Gasteiger partial charge in [0.05, 0.1) is 11.1 Å². The highest BCUT2D eigenvalue weighted by Crippen LogP contribution is 2.31. The Morgan fingerprint density at radius 1 is 1.41 bits per heavy atom. The first-order valence-electron chi connectivity index (χ1n) is 5.89. The standard InChI is InChI=1S/C12H18N4O/c13-8-12(5-1-2-6-12)16-10-4-3-9(7-15-10)11(14)17/h3-4,7H,1-2,5-6,8,13H2,(H2,14,17)(H,15,16). The van der Waals surface area contributed by atoms with Crippen molar-refractivity contribution in [3.63, 3.8) is 0 Å². The van der Waals surface area contributed by atoms with Crippen LogP contribution in [0, 0.1) is 0 Å². The van der Waals surface area contributed by atoms with Gasteiger partial charge in [0.15, 0.2) is 0 Å². The van der Waals surface area contributed by atoms with E-state index in [0.29, 0.717) is 12.1 Å². The largest absolute Gasteiger partial charge is 0.366 e. The molecule has 5 nitrogen and oxygen atoms in total. The van der Waals surface area contributed by atoms with Crippen molar-refractivity contribution in [2.45, 2.75) is 31.2 Å². The first-order chi connectivity index (χ1) is 8.15. The van der Waals surface area contributed by atoms with Gasteiger partial charge >= 0.3 is 0 Å². The second-order valence-electron chi connectivity index (χ2n) is 4.61. The number of nitrogens with two attached hydrogens (primary N) is 2. The van der Waals surface area contributed by atoms with Crippen LogP contribution in [0.1, 0.15) is 36.0 Å². The highest BCUT2D eigenvalue weighted by Gasteiger charge is 2.32. The van der Waals surface area contributed by atoms with Crippen molar-refractivity contribution < 1.29 is 4.79 Å². The molecule has 0 unspecified atom stereocenters. The van der Waals surface area contributed by atoms with Crippen LogP contribution in [0.15, 0.2) is 18.3 Å². The van der Waals surface area contributed by atoms with E-state index in [-0.39, 0.29) is 5.54 Å². The SMILES string of the molecule is NCC1(Nc2ccc(C(N)=O)cn2)CCCC1. The maximum Gasteiger partial charge on any atom is 0.250 e. The fourth-order valence-corrected chi connectivity index (χ4v) is 2.32. The smallest absolute Gasteiger partial charge is 0.250 e. The van der Waals surface area contributed by atoms with E-state index < -0.39 is 5.91 Å². The second-order valence-corrected chi connectivity index (χ2v) is 4.61. The number of carbonyl (C=O) groups is 1. The summed E-state index contributed by atoms with van der Waals surface area (Å²) >= 11 is 0. The lowest BCUT2D eigenvalue weighted by Gasteiger charge is -2.29. The number of nitrogens with zero attached hydrogens (tertiary/aromatic N) is 1. The van der Waals surface area contributed by atoms with E-state index in [9.17, 15) is 4.79 Å². The zero-order valence-corrected chi connectivity index (χ0v) is 9.78. The van der Waals surface area contributed by atoms with Crippen LogP contribution in [0.5, 0.6) is 0 Å². The fraction of sp³-hybridized carbons (Fsp3) is 0.500. The number of hydrogen-bond acceptors (Lipinski definition) is 4. The molecule has 1 heterocycles. The molecular weight excluding hydrogens is 216 g/mol. The van der Waals surface area contributed by atoms with E-state index >= 15 is 0 Å². The van der Waals surface area contributed by atoms with Crippen LogP contribution in [-0.4, -0.2) is 23.0 Å². The lowest BCUT2D eigenvalue weighted by atomic mass is 9.98. The molecule has 0 atom stereocenters. The van der Waals surface area contributed by atoms with Gasteiger partial charge in [-0.1, -0.05) is 12.8 Å². The van der Waals surface area contributed by atoms with Gasteiger partial charge in [-0.05, 0) is 25.0 Å². The molecule has 5 heteroatoms. The quantitative estimate of drug-likeness (QED) is 0.720. The van der Waals surface area contributed by atoms with Crippen LogP contribution < -0.4 is 16.8 Å². The number of anilines is 1. The Labute approximate surface area is 101 Å². The Balaban J connectivity index is 2.10. The molecule has 92 valence electrons. The number of nitrogens with one attached hydrogen (secondary N) is 1. The van der Waals surface area contributed by atoms with Crippen LogP contribution in [0.4, 0.5) is 5.82 Å². The Bertz CT molecular complexity index is 395. The average molecular weight is 234 g/mol. The van der Waals surface area contributed by atoms with Crippen LogP contribution in [0.25, 0.3) is 0 Å². The van der Waals surface area contributed by atoms with Gasteiger partial charge in [0, 0.05) is 12.7 Å². The molecule has 0 aliphatic heterocycles. The molecule has 17 heavy (non-hydrogen) atoms. The van der Waals surface area contributed by atoms with E-state index in [1.54, 1.807) is 12.1 Å². The maximum atomic E-state index is 10.9. The van der Waals surface area contributed by atoms with E-state index in [4.69, 9.17) is 11.5 Å². The molecule has 1 aliphatic carbocycles. The summed E-state index contributed by atoms with van der Waals surface area (Å²) < 4.78 is 0.